The Morgan fingerprint density at radius 2 is 2.24 bits per heavy atom. The molecule has 0 atom stereocenters. The number of nitrogens with zero attached hydrogens (tertiary/aromatic N) is 3. The third-order valence-electron chi connectivity index (χ3n) is 3.04. The van der Waals surface area contributed by atoms with Crippen LogP contribution in [0.4, 0.5) is 5.69 Å². The van der Waals surface area contributed by atoms with Crippen molar-refractivity contribution in [3.8, 4) is 0 Å². The number of pyridine rings is 1. The second-order valence-electron chi connectivity index (χ2n) is 4.82. The maximum Gasteiger partial charge on any atom is 0.255 e. The van der Waals surface area contributed by atoms with Crippen LogP contribution in [-0.2, 0) is 6.54 Å². The van der Waals surface area contributed by atoms with Crippen molar-refractivity contribution in [1.29, 1.82) is 0 Å². The van der Waals surface area contributed by atoms with Crippen LogP contribution in [-0.4, -0.2) is 33.8 Å². The summed E-state index contributed by atoms with van der Waals surface area (Å²) < 4.78 is 1.78. The molecule has 2 aromatic heterocycles. The number of aryl methyl sites for hydroxylation is 1. The highest BCUT2D eigenvalue weighted by molar-refractivity contribution is 5.99. The first kappa shape index (κ1) is 15.0. The number of nitrogens with one attached hydrogen (secondary N) is 2. The molecule has 2 heterocycles. The Labute approximate surface area is 124 Å². The average molecular weight is 287 g/mol. The van der Waals surface area contributed by atoms with E-state index >= 15 is 0 Å². The van der Waals surface area contributed by atoms with Crippen molar-refractivity contribution in [2.75, 3.05) is 18.4 Å². The highest BCUT2D eigenvalue weighted by Crippen LogP contribution is 2.15. The summed E-state index contributed by atoms with van der Waals surface area (Å²) in [5.74, 6) is -0.117. The maximum absolute atomic E-state index is 12.2. The number of amides is 1. The Bertz CT molecular complexity index is 580. The number of carbonyl (C=O) groups is 1. The summed E-state index contributed by atoms with van der Waals surface area (Å²) in [4.78, 5) is 16.5. The van der Waals surface area contributed by atoms with Crippen LogP contribution in [0.3, 0.4) is 0 Å². The molecule has 0 unspecified atom stereocenters. The van der Waals surface area contributed by atoms with E-state index in [4.69, 9.17) is 0 Å². The monoisotopic (exact) mass is 287 g/mol. The molecule has 0 aliphatic carbocycles. The van der Waals surface area contributed by atoms with Crippen LogP contribution in [0.15, 0.2) is 30.7 Å². The quantitative estimate of drug-likeness (QED) is 0.815. The molecule has 0 saturated heterocycles. The minimum atomic E-state index is -0.117. The Hall–Kier alpha value is -2.37. The standard InChI is InChI=1S/C15H21N5O/c1-3-5-16-14-10-12(2)18-11-13(14)15(21)17-7-9-20-8-4-6-19-20/h4,6,8,10-11H,3,5,7,9H2,1-2H3,(H,16,18)(H,17,21). The largest absolute Gasteiger partial charge is 0.384 e. The summed E-state index contributed by atoms with van der Waals surface area (Å²) in [6.45, 7) is 6.01. The first-order valence-corrected chi connectivity index (χ1v) is 7.17. The van der Waals surface area contributed by atoms with Crippen molar-refractivity contribution in [2.45, 2.75) is 26.8 Å². The Kier molecular flexibility index (Phi) is 5.31. The van der Waals surface area contributed by atoms with Crippen molar-refractivity contribution in [3.05, 3.63) is 42.0 Å². The van der Waals surface area contributed by atoms with Gasteiger partial charge in [-0.25, -0.2) is 0 Å². The lowest BCUT2D eigenvalue weighted by molar-refractivity contribution is 0.0952. The van der Waals surface area contributed by atoms with Crippen molar-refractivity contribution >= 4 is 11.6 Å². The molecule has 0 bridgehead atoms. The van der Waals surface area contributed by atoms with Gasteiger partial charge in [-0.15, -0.1) is 0 Å². The SMILES string of the molecule is CCCNc1cc(C)ncc1C(=O)NCCn1cccn1. The van der Waals surface area contributed by atoms with E-state index in [0.717, 1.165) is 24.3 Å². The number of rotatable bonds is 7. The van der Waals surface area contributed by atoms with E-state index < -0.39 is 0 Å². The molecule has 1 amide bonds. The maximum atomic E-state index is 12.2. The highest BCUT2D eigenvalue weighted by atomic mass is 16.1. The fourth-order valence-electron chi connectivity index (χ4n) is 1.96. The number of carbonyl (C=O) groups excluding carboxylic acids is 1. The van der Waals surface area contributed by atoms with Gasteiger partial charge < -0.3 is 10.6 Å². The van der Waals surface area contributed by atoms with Crippen LogP contribution >= 0.6 is 0 Å². The summed E-state index contributed by atoms with van der Waals surface area (Å²) in [5, 5.41) is 10.3. The molecule has 0 aromatic carbocycles. The van der Waals surface area contributed by atoms with Crippen molar-refractivity contribution in [1.82, 2.24) is 20.1 Å². The molecule has 0 aliphatic rings. The van der Waals surface area contributed by atoms with Gasteiger partial charge >= 0.3 is 0 Å². The van der Waals surface area contributed by atoms with Gasteiger partial charge in [0.25, 0.3) is 5.91 Å². The summed E-state index contributed by atoms with van der Waals surface area (Å²) in [6, 6.07) is 3.76. The van der Waals surface area contributed by atoms with Crippen molar-refractivity contribution < 1.29 is 4.79 Å². The van der Waals surface area contributed by atoms with Crippen molar-refractivity contribution in [3.63, 3.8) is 0 Å². The molecule has 0 fully saturated rings. The van der Waals surface area contributed by atoms with Gasteiger partial charge in [-0.1, -0.05) is 6.92 Å². The van der Waals surface area contributed by atoms with Crippen LogP contribution in [0.25, 0.3) is 0 Å². The predicted molar refractivity (Wildman–Crippen MR) is 82.3 cm³/mol. The van der Waals surface area contributed by atoms with E-state index in [2.05, 4.69) is 27.6 Å². The average Bonchev–Trinajstić information content (AvgIpc) is 2.98. The first-order chi connectivity index (χ1) is 10.2. The lowest BCUT2D eigenvalue weighted by Crippen LogP contribution is -2.28. The van der Waals surface area contributed by atoms with E-state index in [1.54, 1.807) is 17.1 Å². The summed E-state index contributed by atoms with van der Waals surface area (Å²) in [5.41, 5.74) is 2.30. The molecule has 0 saturated carbocycles. The van der Waals surface area contributed by atoms with E-state index in [1.807, 2.05) is 25.3 Å². The van der Waals surface area contributed by atoms with Crippen LogP contribution in [0.5, 0.6) is 0 Å². The predicted octanol–water partition coefficient (Wildman–Crippen LogP) is 1.84. The molecule has 6 heteroatoms. The van der Waals surface area contributed by atoms with Gasteiger partial charge in [0, 0.05) is 37.4 Å². The van der Waals surface area contributed by atoms with Crippen LogP contribution < -0.4 is 10.6 Å². The Morgan fingerprint density at radius 3 is 2.95 bits per heavy atom. The smallest absolute Gasteiger partial charge is 0.255 e. The molecular formula is C15H21N5O. The molecule has 2 N–H and O–H groups in total. The van der Waals surface area contributed by atoms with Crippen LogP contribution in [0, 0.1) is 6.92 Å². The van der Waals surface area contributed by atoms with E-state index in [1.165, 1.54) is 0 Å². The second kappa shape index (κ2) is 7.42. The molecular weight excluding hydrogens is 266 g/mol. The molecule has 0 radical (unpaired) electrons. The van der Waals surface area contributed by atoms with Gasteiger partial charge in [-0.05, 0) is 25.5 Å². The number of aromatic nitrogens is 3. The van der Waals surface area contributed by atoms with Crippen LogP contribution in [0.1, 0.15) is 29.4 Å². The van der Waals surface area contributed by atoms with Crippen LogP contribution in [0.2, 0.25) is 0 Å². The first-order valence-electron chi connectivity index (χ1n) is 7.17. The zero-order chi connectivity index (χ0) is 15.1. The van der Waals surface area contributed by atoms with E-state index in [9.17, 15) is 4.79 Å². The number of hydrogen-bond acceptors (Lipinski definition) is 4. The Morgan fingerprint density at radius 1 is 1.38 bits per heavy atom. The fourth-order valence-corrected chi connectivity index (χ4v) is 1.96. The van der Waals surface area contributed by atoms with Gasteiger partial charge in [0.2, 0.25) is 0 Å². The number of hydrogen-bond donors (Lipinski definition) is 2. The highest BCUT2D eigenvalue weighted by Gasteiger charge is 2.11. The molecule has 21 heavy (non-hydrogen) atoms. The lowest BCUT2D eigenvalue weighted by Gasteiger charge is -2.12. The lowest BCUT2D eigenvalue weighted by atomic mass is 10.2. The minimum Gasteiger partial charge on any atom is -0.384 e. The normalized spacial score (nSPS) is 10.4. The zero-order valence-electron chi connectivity index (χ0n) is 12.5. The van der Waals surface area contributed by atoms with E-state index in [-0.39, 0.29) is 5.91 Å². The van der Waals surface area contributed by atoms with Gasteiger partial charge in [-0.2, -0.15) is 5.10 Å². The van der Waals surface area contributed by atoms with Gasteiger partial charge in [0.1, 0.15) is 0 Å². The second-order valence-corrected chi connectivity index (χ2v) is 4.82. The van der Waals surface area contributed by atoms with Gasteiger partial charge in [-0.3, -0.25) is 14.5 Å². The summed E-state index contributed by atoms with van der Waals surface area (Å²) in [7, 11) is 0. The summed E-state index contributed by atoms with van der Waals surface area (Å²) in [6.07, 6.45) is 6.21. The minimum absolute atomic E-state index is 0.117. The Balaban J connectivity index is 1.97. The fraction of sp³-hybridized carbons (Fsp3) is 0.400. The topological polar surface area (TPSA) is 71.8 Å². The molecule has 6 nitrogen and oxygen atoms in total. The van der Waals surface area contributed by atoms with Gasteiger partial charge in [0.05, 0.1) is 17.8 Å². The molecule has 0 aliphatic heterocycles. The number of anilines is 1. The van der Waals surface area contributed by atoms with Gasteiger partial charge in [0.15, 0.2) is 0 Å². The third kappa shape index (κ3) is 4.30. The molecule has 2 rings (SSSR count). The molecule has 2 aromatic rings. The van der Waals surface area contributed by atoms with Crippen molar-refractivity contribution in [2.24, 2.45) is 0 Å². The third-order valence-corrected chi connectivity index (χ3v) is 3.04. The molecule has 0 spiro atoms. The van der Waals surface area contributed by atoms with E-state index in [0.29, 0.717) is 18.7 Å². The zero-order valence-corrected chi connectivity index (χ0v) is 12.5. The summed E-state index contributed by atoms with van der Waals surface area (Å²) >= 11 is 0. The molecule has 112 valence electrons.